The lowest BCUT2D eigenvalue weighted by Gasteiger charge is -2.48. The lowest BCUT2D eigenvalue weighted by Crippen LogP contribution is -3.00. The van der Waals surface area contributed by atoms with Gasteiger partial charge in [-0.2, -0.15) is 0 Å². The van der Waals surface area contributed by atoms with Crippen LogP contribution in [0.2, 0.25) is 0 Å². The standard InChI is InChI=1S/C40H64N4O5.ClH/c1-6-8-9-10-11-12-13-14-15-16-17-18-19-20-21-25-29-42-40(47)49-44(7-2)31(3)35(36(39(46)48-5)37(41)32(44)4)34-28-30-43(34)38(45)33-26-23-22-24-27-33;/h22-24,26-27,32,34H,6-21,25,28-30H2,1-5H3,(H2-,41,42,46,47);1H. The highest BCUT2D eigenvalue weighted by atomic mass is 35.5. The number of carbonyl (C=O) groups excluding carboxylic acids is 3. The van der Waals surface area contributed by atoms with Crippen LogP contribution in [0.1, 0.15) is 147 Å². The third-order valence-corrected chi connectivity index (χ3v) is 10.6. The molecule has 9 nitrogen and oxygen atoms in total. The van der Waals surface area contributed by atoms with Crippen LogP contribution < -0.4 is 23.5 Å². The van der Waals surface area contributed by atoms with Crippen LogP contribution in [0, 0.1) is 0 Å². The molecular formula is C40H65ClN4O5. The minimum atomic E-state index is -0.556. The van der Waals surface area contributed by atoms with Gasteiger partial charge < -0.3 is 33.1 Å². The van der Waals surface area contributed by atoms with Crippen molar-refractivity contribution in [2.45, 2.75) is 149 Å². The van der Waals surface area contributed by atoms with Crippen LogP contribution in [-0.4, -0.2) is 66.3 Å². The third kappa shape index (κ3) is 11.5. The molecule has 2 amide bonds. The Balaban J connectivity index is 0.00000867. The molecule has 10 heteroatoms. The Labute approximate surface area is 308 Å². The van der Waals surface area contributed by atoms with Crippen LogP contribution in [0.3, 0.4) is 0 Å². The number of halogens is 1. The molecule has 3 N–H and O–H groups in total. The summed E-state index contributed by atoms with van der Waals surface area (Å²) in [5.74, 6) is -0.676. The quantitative estimate of drug-likeness (QED) is 0.0905. The number of likely N-dealkylation sites (N-methyl/N-ethyl adjacent to an activating group) is 1. The minimum absolute atomic E-state index is 0. The van der Waals surface area contributed by atoms with Crippen molar-refractivity contribution in [1.82, 2.24) is 10.2 Å². The van der Waals surface area contributed by atoms with Crippen molar-refractivity contribution in [3.8, 4) is 0 Å². The predicted octanol–water partition coefficient (Wildman–Crippen LogP) is 5.71. The molecule has 0 bridgehead atoms. The van der Waals surface area contributed by atoms with Crippen LogP contribution in [0.4, 0.5) is 4.79 Å². The molecule has 50 heavy (non-hydrogen) atoms. The number of unbranched alkanes of at least 4 members (excludes halogenated alkanes) is 15. The molecule has 0 aromatic heterocycles. The summed E-state index contributed by atoms with van der Waals surface area (Å²) in [4.78, 5) is 47.8. The van der Waals surface area contributed by atoms with Crippen molar-refractivity contribution in [2.75, 3.05) is 26.7 Å². The van der Waals surface area contributed by atoms with Crippen LogP contribution in [0.5, 0.6) is 0 Å². The lowest BCUT2D eigenvalue weighted by molar-refractivity contribution is -1.07. The summed E-state index contributed by atoms with van der Waals surface area (Å²) in [5.41, 5.74) is 9.10. The molecular weight excluding hydrogens is 652 g/mol. The Morgan fingerprint density at radius 1 is 0.860 bits per heavy atom. The molecule has 1 fully saturated rings. The first kappa shape index (κ1) is 43.1. The van der Waals surface area contributed by atoms with Gasteiger partial charge in [0, 0.05) is 25.6 Å². The number of nitrogens with two attached hydrogens (primary N) is 1. The number of carbonyl (C=O) groups is 3. The van der Waals surface area contributed by atoms with Gasteiger partial charge in [0.1, 0.15) is 6.54 Å². The normalized spacial score (nSPS) is 20.2. The number of rotatable bonds is 22. The molecule has 3 unspecified atom stereocenters. The fourth-order valence-electron chi connectivity index (χ4n) is 7.45. The predicted molar refractivity (Wildman–Crippen MR) is 196 cm³/mol. The summed E-state index contributed by atoms with van der Waals surface area (Å²) in [6.07, 6.45) is 20.9. The molecule has 0 saturated carbocycles. The first-order valence-electron chi connectivity index (χ1n) is 19.2. The number of methoxy groups -OCH3 is 1. The number of benzene rings is 1. The van der Waals surface area contributed by atoms with E-state index in [0.29, 0.717) is 48.6 Å². The summed E-state index contributed by atoms with van der Waals surface area (Å²) in [7, 11) is 1.33. The van der Waals surface area contributed by atoms with E-state index < -0.39 is 24.1 Å². The smallest absolute Gasteiger partial charge is 0.462 e. The SMILES string of the molecule is CCCCCCCCCCCCCCCCCCNC(=O)O[N+]1(CC)C(C)=C(C2CCN2C(=O)c2ccccc2)C(C(=O)OC)=C(N)C1C.[Cl-]. The summed E-state index contributed by atoms with van der Waals surface area (Å²) in [6, 6.07) is 8.18. The van der Waals surface area contributed by atoms with E-state index in [2.05, 4.69) is 12.2 Å². The Morgan fingerprint density at radius 2 is 1.38 bits per heavy atom. The average Bonchev–Trinajstić information content (AvgIpc) is 3.10. The molecule has 3 atom stereocenters. The summed E-state index contributed by atoms with van der Waals surface area (Å²) >= 11 is 0. The monoisotopic (exact) mass is 716 g/mol. The number of allylic oxidation sites excluding steroid dienone is 1. The number of hydrogen-bond donors (Lipinski definition) is 2. The Kier molecular flexibility index (Phi) is 19.6. The Hall–Kier alpha value is -3.04. The van der Waals surface area contributed by atoms with E-state index in [9.17, 15) is 14.4 Å². The maximum atomic E-state index is 13.5. The van der Waals surface area contributed by atoms with Crippen molar-refractivity contribution in [3.05, 3.63) is 58.4 Å². The second-order valence-electron chi connectivity index (χ2n) is 13.9. The maximum Gasteiger partial charge on any atom is 0.462 e. The van der Waals surface area contributed by atoms with Crippen molar-refractivity contribution in [3.63, 3.8) is 0 Å². The van der Waals surface area contributed by atoms with E-state index in [1.807, 2.05) is 39.0 Å². The summed E-state index contributed by atoms with van der Waals surface area (Å²) < 4.78 is 4.99. The molecule has 282 valence electrons. The largest absolute Gasteiger partial charge is 1.00 e. The van der Waals surface area contributed by atoms with Crippen LogP contribution in [-0.2, 0) is 14.4 Å². The fourth-order valence-corrected chi connectivity index (χ4v) is 7.45. The molecule has 1 aromatic carbocycles. The summed E-state index contributed by atoms with van der Waals surface area (Å²) in [6.45, 7) is 9.42. The highest BCUT2D eigenvalue weighted by Gasteiger charge is 2.53. The van der Waals surface area contributed by atoms with Gasteiger partial charge in [0.25, 0.3) is 5.91 Å². The molecule has 0 aliphatic carbocycles. The van der Waals surface area contributed by atoms with E-state index >= 15 is 0 Å². The van der Waals surface area contributed by atoms with Gasteiger partial charge in [-0.1, -0.05) is 126 Å². The van der Waals surface area contributed by atoms with E-state index in [1.54, 1.807) is 17.0 Å². The maximum absolute atomic E-state index is 13.5. The van der Waals surface area contributed by atoms with Crippen LogP contribution in [0.15, 0.2) is 52.9 Å². The molecule has 0 radical (unpaired) electrons. The number of ether oxygens (including phenoxy) is 1. The minimum Gasteiger partial charge on any atom is -1.00 e. The zero-order chi connectivity index (χ0) is 35.6. The second-order valence-corrected chi connectivity index (χ2v) is 13.9. The van der Waals surface area contributed by atoms with Gasteiger partial charge in [-0.3, -0.25) is 4.79 Å². The van der Waals surface area contributed by atoms with E-state index in [-0.39, 0.29) is 28.5 Å². The number of quaternary nitrogens is 1. The number of nitrogens with zero attached hydrogens (tertiary/aromatic N) is 2. The van der Waals surface area contributed by atoms with Gasteiger partial charge in [0.2, 0.25) is 0 Å². The Morgan fingerprint density at radius 3 is 1.84 bits per heavy atom. The van der Waals surface area contributed by atoms with Crippen molar-refractivity contribution < 1.29 is 41.0 Å². The number of hydrogen-bond acceptors (Lipinski definition) is 6. The van der Waals surface area contributed by atoms with Gasteiger partial charge in [-0.05, 0) is 38.8 Å². The van der Waals surface area contributed by atoms with Crippen molar-refractivity contribution in [1.29, 1.82) is 0 Å². The topological polar surface area (TPSA) is 111 Å². The lowest BCUT2D eigenvalue weighted by atomic mass is 9.82. The van der Waals surface area contributed by atoms with Gasteiger partial charge in [-0.15, -0.1) is 0 Å². The van der Waals surface area contributed by atoms with E-state index in [0.717, 1.165) is 12.8 Å². The van der Waals surface area contributed by atoms with Crippen LogP contribution >= 0.6 is 0 Å². The molecule has 3 rings (SSSR count). The highest BCUT2D eigenvalue weighted by molar-refractivity contribution is 5.98. The van der Waals surface area contributed by atoms with Gasteiger partial charge in [-0.25, -0.2) is 14.4 Å². The molecule has 2 aliphatic rings. The van der Waals surface area contributed by atoms with Crippen molar-refractivity contribution >= 4 is 18.0 Å². The zero-order valence-corrected chi connectivity index (χ0v) is 32.3. The highest BCUT2D eigenvalue weighted by Crippen LogP contribution is 2.43. The third-order valence-electron chi connectivity index (χ3n) is 10.6. The van der Waals surface area contributed by atoms with E-state index in [1.165, 1.54) is 97.0 Å². The zero-order valence-electron chi connectivity index (χ0n) is 31.6. The van der Waals surface area contributed by atoms with Crippen molar-refractivity contribution in [2.24, 2.45) is 5.73 Å². The number of nitrogens with one attached hydrogen (secondary N) is 1. The molecule has 0 spiro atoms. The molecule has 2 aliphatic heterocycles. The number of amides is 2. The number of esters is 1. The van der Waals surface area contributed by atoms with Crippen LogP contribution in [0.25, 0.3) is 0 Å². The fraction of sp³-hybridized carbons (Fsp3) is 0.675. The van der Waals surface area contributed by atoms with Gasteiger partial charge in [0.15, 0.2) is 11.7 Å². The van der Waals surface area contributed by atoms with E-state index in [4.69, 9.17) is 15.3 Å². The van der Waals surface area contributed by atoms with Gasteiger partial charge >= 0.3 is 12.1 Å². The average molecular weight is 717 g/mol. The number of hydroxylamine groups is 3. The molecule has 2 heterocycles. The molecule has 1 aromatic rings. The number of likely N-dealkylation sites (tertiary alicyclic amines) is 1. The summed E-state index contributed by atoms with van der Waals surface area (Å²) in [5, 5.41) is 2.95. The Bertz CT molecular complexity index is 1270. The molecule has 1 saturated heterocycles. The second kappa shape index (κ2) is 22.7. The first-order valence-corrected chi connectivity index (χ1v) is 19.2. The first-order chi connectivity index (χ1) is 23.7. The van der Waals surface area contributed by atoms with Gasteiger partial charge in [0.05, 0.1) is 30.0 Å².